The molecule has 0 spiro atoms. The van der Waals surface area contributed by atoms with Gasteiger partial charge in [0.15, 0.2) is 5.76 Å². The zero-order chi connectivity index (χ0) is 12.8. The summed E-state index contributed by atoms with van der Waals surface area (Å²) in [5, 5.41) is 8.71. The second-order valence-electron chi connectivity index (χ2n) is 3.59. The quantitative estimate of drug-likeness (QED) is 0.762. The first-order chi connectivity index (χ1) is 8.08. The summed E-state index contributed by atoms with van der Waals surface area (Å²) in [6, 6.07) is 3.12. The number of nitrogens with zero attached hydrogens (tertiary/aromatic N) is 1. The molecule has 0 saturated heterocycles. The molecule has 0 saturated carbocycles. The average Bonchev–Trinajstić information content (AvgIpc) is 2.75. The number of furan rings is 1. The number of carboxylic acid groups (broad SMARTS) is 1. The van der Waals surface area contributed by atoms with Crippen molar-refractivity contribution < 1.29 is 19.1 Å². The monoisotopic (exact) mass is 240 g/mol. The van der Waals surface area contributed by atoms with Crippen LogP contribution >= 0.6 is 0 Å². The molecule has 0 aromatic carbocycles. The van der Waals surface area contributed by atoms with Crippen LogP contribution in [0.1, 0.15) is 29.7 Å². The van der Waals surface area contributed by atoms with Crippen molar-refractivity contribution in [3.05, 3.63) is 23.7 Å². The summed E-state index contributed by atoms with van der Waals surface area (Å²) in [5.74, 6) is -0.841. The molecule has 0 bridgehead atoms. The molecule has 0 aliphatic rings. The first kappa shape index (κ1) is 13.2. The molecule has 1 aromatic rings. The van der Waals surface area contributed by atoms with Crippen LogP contribution < -0.4 is 5.73 Å². The van der Waals surface area contributed by atoms with E-state index in [0.29, 0.717) is 18.7 Å². The average molecular weight is 240 g/mol. The first-order valence-corrected chi connectivity index (χ1v) is 5.38. The minimum Gasteiger partial charge on any atom is -0.480 e. The van der Waals surface area contributed by atoms with Gasteiger partial charge in [-0.05, 0) is 18.6 Å². The maximum absolute atomic E-state index is 11.9. The molecule has 0 fully saturated rings. The smallest absolute Gasteiger partial charge is 0.323 e. The molecular formula is C11H16N2O4. The summed E-state index contributed by atoms with van der Waals surface area (Å²) in [6.07, 6.45) is 0.684. The van der Waals surface area contributed by atoms with Gasteiger partial charge < -0.3 is 20.2 Å². The van der Waals surface area contributed by atoms with Crippen LogP contribution in [0.4, 0.5) is 0 Å². The second kappa shape index (κ2) is 6.05. The minimum atomic E-state index is -1.04. The van der Waals surface area contributed by atoms with Crippen LogP contribution in [-0.4, -0.2) is 35.0 Å². The molecular weight excluding hydrogens is 224 g/mol. The van der Waals surface area contributed by atoms with Crippen LogP contribution in [0.15, 0.2) is 16.5 Å². The fourth-order valence-corrected chi connectivity index (χ4v) is 1.44. The summed E-state index contributed by atoms with van der Waals surface area (Å²) in [4.78, 5) is 23.8. The van der Waals surface area contributed by atoms with Gasteiger partial charge in [-0.15, -0.1) is 0 Å². The van der Waals surface area contributed by atoms with E-state index in [1.54, 1.807) is 6.07 Å². The number of amides is 1. The van der Waals surface area contributed by atoms with E-state index in [4.69, 9.17) is 15.3 Å². The summed E-state index contributed by atoms with van der Waals surface area (Å²) in [6.45, 7) is 2.13. The van der Waals surface area contributed by atoms with Gasteiger partial charge in [0.1, 0.15) is 12.3 Å². The molecule has 0 atom stereocenters. The first-order valence-electron chi connectivity index (χ1n) is 5.38. The van der Waals surface area contributed by atoms with Crippen LogP contribution in [0.5, 0.6) is 0 Å². The van der Waals surface area contributed by atoms with Crippen molar-refractivity contribution in [2.75, 3.05) is 13.1 Å². The molecule has 1 heterocycles. The van der Waals surface area contributed by atoms with Gasteiger partial charge in [0, 0.05) is 6.54 Å². The third-order valence-electron chi connectivity index (χ3n) is 2.18. The predicted octanol–water partition coefficient (Wildman–Crippen LogP) is 0.675. The molecule has 0 radical (unpaired) electrons. The van der Waals surface area contributed by atoms with Crippen LogP contribution in [0, 0.1) is 0 Å². The molecule has 0 unspecified atom stereocenters. The number of hydrogen-bond acceptors (Lipinski definition) is 4. The number of rotatable bonds is 6. The largest absolute Gasteiger partial charge is 0.480 e. The Bertz CT molecular complexity index is 400. The Morgan fingerprint density at radius 1 is 1.47 bits per heavy atom. The highest BCUT2D eigenvalue weighted by atomic mass is 16.4. The highest BCUT2D eigenvalue weighted by Crippen LogP contribution is 2.10. The third-order valence-corrected chi connectivity index (χ3v) is 2.18. The molecule has 1 aromatic heterocycles. The summed E-state index contributed by atoms with van der Waals surface area (Å²) < 4.78 is 5.19. The minimum absolute atomic E-state index is 0.125. The number of nitrogens with two attached hydrogens (primary N) is 1. The third kappa shape index (κ3) is 3.60. The number of carbonyl (C=O) groups is 2. The summed E-state index contributed by atoms with van der Waals surface area (Å²) >= 11 is 0. The number of hydrogen-bond donors (Lipinski definition) is 2. The zero-order valence-electron chi connectivity index (χ0n) is 9.68. The maximum atomic E-state index is 11.9. The SMILES string of the molecule is CCCN(CC(=O)O)C(=O)c1ccc(CN)o1. The van der Waals surface area contributed by atoms with Gasteiger partial charge in [0.25, 0.3) is 5.91 Å². The van der Waals surface area contributed by atoms with Gasteiger partial charge in [-0.1, -0.05) is 6.92 Å². The van der Waals surface area contributed by atoms with Crippen molar-refractivity contribution in [1.82, 2.24) is 4.90 Å². The zero-order valence-corrected chi connectivity index (χ0v) is 9.68. The molecule has 94 valence electrons. The highest BCUT2D eigenvalue weighted by Gasteiger charge is 2.20. The van der Waals surface area contributed by atoms with E-state index in [0.717, 1.165) is 0 Å². The topological polar surface area (TPSA) is 96.8 Å². The van der Waals surface area contributed by atoms with Crippen molar-refractivity contribution in [3.63, 3.8) is 0 Å². The van der Waals surface area contributed by atoms with Gasteiger partial charge in [-0.25, -0.2) is 0 Å². The molecule has 6 heteroatoms. The lowest BCUT2D eigenvalue weighted by Crippen LogP contribution is -2.36. The van der Waals surface area contributed by atoms with E-state index in [1.807, 2.05) is 6.92 Å². The van der Waals surface area contributed by atoms with Crippen molar-refractivity contribution >= 4 is 11.9 Å². The standard InChI is InChI=1S/C11H16N2O4/c1-2-5-13(7-10(14)15)11(16)9-4-3-8(6-12)17-9/h3-4H,2,5-7,12H2,1H3,(H,14,15). The van der Waals surface area contributed by atoms with Crippen LogP contribution in [-0.2, 0) is 11.3 Å². The number of aliphatic carboxylic acids is 1. The molecule has 17 heavy (non-hydrogen) atoms. The fourth-order valence-electron chi connectivity index (χ4n) is 1.44. The van der Waals surface area contributed by atoms with Crippen LogP contribution in [0.25, 0.3) is 0 Å². The Hall–Kier alpha value is -1.82. The van der Waals surface area contributed by atoms with Gasteiger partial charge in [0.2, 0.25) is 0 Å². The molecule has 1 amide bonds. The van der Waals surface area contributed by atoms with Crippen LogP contribution in [0.3, 0.4) is 0 Å². The van der Waals surface area contributed by atoms with Crippen molar-refractivity contribution in [2.45, 2.75) is 19.9 Å². The highest BCUT2D eigenvalue weighted by molar-refractivity contribution is 5.93. The fraction of sp³-hybridized carbons (Fsp3) is 0.455. The Balaban J connectivity index is 2.79. The van der Waals surface area contributed by atoms with Gasteiger partial charge in [0.05, 0.1) is 6.54 Å². The second-order valence-corrected chi connectivity index (χ2v) is 3.59. The van der Waals surface area contributed by atoms with E-state index in [1.165, 1.54) is 11.0 Å². The lowest BCUT2D eigenvalue weighted by molar-refractivity contribution is -0.137. The maximum Gasteiger partial charge on any atom is 0.323 e. The Labute approximate surface area is 99.0 Å². The Morgan fingerprint density at radius 3 is 2.65 bits per heavy atom. The summed E-state index contributed by atoms with van der Waals surface area (Å²) in [5.41, 5.74) is 5.37. The number of carbonyl (C=O) groups excluding carboxylic acids is 1. The lowest BCUT2D eigenvalue weighted by Gasteiger charge is -2.18. The van der Waals surface area contributed by atoms with E-state index < -0.39 is 11.9 Å². The predicted molar refractivity (Wildman–Crippen MR) is 60.4 cm³/mol. The van der Waals surface area contributed by atoms with E-state index in [-0.39, 0.29) is 18.8 Å². The lowest BCUT2D eigenvalue weighted by atomic mass is 10.3. The molecule has 6 nitrogen and oxygen atoms in total. The van der Waals surface area contributed by atoms with Gasteiger partial charge in [-0.2, -0.15) is 0 Å². The summed E-state index contributed by atoms with van der Waals surface area (Å²) in [7, 11) is 0. The molecule has 3 N–H and O–H groups in total. The van der Waals surface area contributed by atoms with Crippen molar-refractivity contribution in [2.24, 2.45) is 5.73 Å². The molecule has 1 rings (SSSR count). The number of carboxylic acids is 1. The Kier molecular flexibility index (Phi) is 4.71. The molecule has 0 aliphatic carbocycles. The van der Waals surface area contributed by atoms with E-state index in [2.05, 4.69) is 0 Å². The van der Waals surface area contributed by atoms with Crippen molar-refractivity contribution in [1.29, 1.82) is 0 Å². The van der Waals surface area contributed by atoms with Crippen molar-refractivity contribution in [3.8, 4) is 0 Å². The van der Waals surface area contributed by atoms with Gasteiger partial charge >= 0.3 is 5.97 Å². The normalized spacial score (nSPS) is 10.2. The van der Waals surface area contributed by atoms with E-state index in [9.17, 15) is 9.59 Å². The van der Waals surface area contributed by atoms with Gasteiger partial charge in [-0.3, -0.25) is 9.59 Å². The molecule has 0 aliphatic heterocycles. The van der Waals surface area contributed by atoms with E-state index >= 15 is 0 Å². The van der Waals surface area contributed by atoms with Crippen LogP contribution in [0.2, 0.25) is 0 Å². The Morgan fingerprint density at radius 2 is 2.18 bits per heavy atom.